The lowest BCUT2D eigenvalue weighted by molar-refractivity contribution is 0.0528. The molecule has 1 aliphatic heterocycles. The SMILES string of the molecule is Cc1ccc(CCN(CC2CCCO2)C(=O)c2cnn(C)c2)cc1. The van der Waals surface area contributed by atoms with Crippen molar-refractivity contribution in [3.05, 3.63) is 53.3 Å². The van der Waals surface area contributed by atoms with Crippen LogP contribution in [-0.4, -0.2) is 46.4 Å². The largest absolute Gasteiger partial charge is 0.376 e. The number of rotatable bonds is 6. The summed E-state index contributed by atoms with van der Waals surface area (Å²) in [5, 5.41) is 4.12. The maximum absolute atomic E-state index is 12.8. The molecule has 0 radical (unpaired) electrons. The second-order valence-electron chi connectivity index (χ2n) is 6.52. The zero-order valence-corrected chi connectivity index (χ0v) is 14.4. The van der Waals surface area contributed by atoms with Gasteiger partial charge in [-0.25, -0.2) is 0 Å². The second-order valence-corrected chi connectivity index (χ2v) is 6.52. The summed E-state index contributed by atoms with van der Waals surface area (Å²) in [6.45, 7) is 4.23. The lowest BCUT2D eigenvalue weighted by atomic mass is 10.1. The van der Waals surface area contributed by atoms with Crippen molar-refractivity contribution in [1.82, 2.24) is 14.7 Å². The van der Waals surface area contributed by atoms with E-state index in [1.54, 1.807) is 17.1 Å². The molecule has 1 unspecified atom stereocenters. The number of ether oxygens (including phenoxy) is 1. The highest BCUT2D eigenvalue weighted by Crippen LogP contribution is 2.16. The van der Waals surface area contributed by atoms with Crippen LogP contribution in [0.15, 0.2) is 36.7 Å². The predicted octanol–water partition coefficient (Wildman–Crippen LogP) is 2.59. The molecule has 0 aliphatic carbocycles. The van der Waals surface area contributed by atoms with Gasteiger partial charge in [-0.05, 0) is 31.7 Å². The van der Waals surface area contributed by atoms with Crippen LogP contribution in [0.25, 0.3) is 0 Å². The van der Waals surface area contributed by atoms with Gasteiger partial charge in [0.2, 0.25) is 0 Å². The number of carbonyl (C=O) groups is 1. The van der Waals surface area contributed by atoms with E-state index in [0.717, 1.165) is 25.9 Å². The Morgan fingerprint density at radius 3 is 2.79 bits per heavy atom. The molecule has 1 aliphatic rings. The van der Waals surface area contributed by atoms with Crippen molar-refractivity contribution in [2.45, 2.75) is 32.3 Å². The average Bonchev–Trinajstić information content (AvgIpc) is 3.24. The molecule has 0 N–H and O–H groups in total. The minimum absolute atomic E-state index is 0.0331. The molecule has 5 heteroatoms. The van der Waals surface area contributed by atoms with E-state index in [-0.39, 0.29) is 12.0 Å². The minimum atomic E-state index is 0.0331. The average molecular weight is 327 g/mol. The molecule has 1 fully saturated rings. The highest BCUT2D eigenvalue weighted by atomic mass is 16.5. The van der Waals surface area contributed by atoms with Crippen molar-refractivity contribution >= 4 is 5.91 Å². The van der Waals surface area contributed by atoms with Crippen molar-refractivity contribution in [3.63, 3.8) is 0 Å². The van der Waals surface area contributed by atoms with Crippen LogP contribution in [-0.2, 0) is 18.2 Å². The van der Waals surface area contributed by atoms with E-state index >= 15 is 0 Å². The fraction of sp³-hybridized carbons (Fsp3) is 0.474. The first-order chi connectivity index (χ1) is 11.6. The Morgan fingerprint density at radius 1 is 1.38 bits per heavy atom. The lowest BCUT2D eigenvalue weighted by Crippen LogP contribution is -2.38. The molecular formula is C19H25N3O2. The lowest BCUT2D eigenvalue weighted by Gasteiger charge is -2.25. The van der Waals surface area contributed by atoms with Gasteiger partial charge in [0, 0.05) is 32.9 Å². The molecule has 1 atom stereocenters. The standard InChI is InChI=1S/C19H25N3O2/c1-15-5-7-16(8-6-15)9-10-22(14-18-4-3-11-24-18)19(23)17-12-20-21(2)13-17/h5-8,12-13,18H,3-4,9-11,14H2,1-2H3. The molecule has 24 heavy (non-hydrogen) atoms. The molecule has 0 spiro atoms. The van der Waals surface area contributed by atoms with Gasteiger partial charge in [-0.15, -0.1) is 0 Å². The molecule has 0 saturated carbocycles. The normalized spacial score (nSPS) is 17.2. The summed E-state index contributed by atoms with van der Waals surface area (Å²) in [5.41, 5.74) is 3.14. The number of aromatic nitrogens is 2. The van der Waals surface area contributed by atoms with Gasteiger partial charge in [0.15, 0.2) is 0 Å². The molecule has 5 nitrogen and oxygen atoms in total. The van der Waals surface area contributed by atoms with E-state index in [0.29, 0.717) is 18.7 Å². The molecule has 1 aromatic heterocycles. The molecule has 1 saturated heterocycles. The summed E-state index contributed by atoms with van der Waals surface area (Å²) in [7, 11) is 1.83. The maximum atomic E-state index is 12.8. The molecule has 0 bridgehead atoms. The highest BCUT2D eigenvalue weighted by Gasteiger charge is 2.24. The van der Waals surface area contributed by atoms with Crippen molar-refractivity contribution in [2.24, 2.45) is 7.05 Å². The second kappa shape index (κ2) is 7.62. The predicted molar refractivity (Wildman–Crippen MR) is 93.0 cm³/mol. The maximum Gasteiger partial charge on any atom is 0.257 e. The topological polar surface area (TPSA) is 47.4 Å². The Bertz CT molecular complexity index is 672. The van der Waals surface area contributed by atoms with Gasteiger partial charge in [-0.3, -0.25) is 9.48 Å². The molecule has 1 amide bonds. The van der Waals surface area contributed by atoms with Gasteiger partial charge < -0.3 is 9.64 Å². The van der Waals surface area contributed by atoms with Crippen LogP contribution in [0.1, 0.15) is 34.3 Å². The first-order valence-corrected chi connectivity index (χ1v) is 8.57. The molecule has 2 aromatic rings. The summed E-state index contributed by atoms with van der Waals surface area (Å²) in [6, 6.07) is 8.49. The van der Waals surface area contributed by atoms with E-state index in [1.807, 2.05) is 11.9 Å². The Labute approximate surface area is 143 Å². The first kappa shape index (κ1) is 16.7. The number of benzene rings is 1. The summed E-state index contributed by atoms with van der Waals surface area (Å²) in [6.07, 6.45) is 6.52. The monoisotopic (exact) mass is 327 g/mol. The van der Waals surface area contributed by atoms with Crippen molar-refractivity contribution in [1.29, 1.82) is 0 Å². The van der Waals surface area contributed by atoms with Crippen LogP contribution in [0, 0.1) is 6.92 Å². The summed E-state index contributed by atoms with van der Waals surface area (Å²) in [5.74, 6) is 0.0331. The van der Waals surface area contributed by atoms with Crippen molar-refractivity contribution < 1.29 is 9.53 Å². The van der Waals surface area contributed by atoms with E-state index in [2.05, 4.69) is 36.3 Å². The zero-order valence-electron chi connectivity index (χ0n) is 14.4. The number of hydrogen-bond acceptors (Lipinski definition) is 3. The van der Waals surface area contributed by atoms with Crippen LogP contribution >= 0.6 is 0 Å². The van der Waals surface area contributed by atoms with Gasteiger partial charge in [0.1, 0.15) is 0 Å². The Balaban J connectivity index is 1.68. The highest BCUT2D eigenvalue weighted by molar-refractivity contribution is 5.93. The van der Waals surface area contributed by atoms with Gasteiger partial charge >= 0.3 is 0 Å². The fourth-order valence-corrected chi connectivity index (χ4v) is 3.04. The quantitative estimate of drug-likeness (QED) is 0.819. The molecule has 2 heterocycles. The minimum Gasteiger partial charge on any atom is -0.376 e. The number of carbonyl (C=O) groups excluding carboxylic acids is 1. The van der Waals surface area contributed by atoms with Crippen LogP contribution in [0.2, 0.25) is 0 Å². The van der Waals surface area contributed by atoms with E-state index in [4.69, 9.17) is 4.74 Å². The zero-order chi connectivity index (χ0) is 16.9. The molecule has 1 aromatic carbocycles. The summed E-state index contributed by atoms with van der Waals surface area (Å²) >= 11 is 0. The van der Waals surface area contributed by atoms with Crippen molar-refractivity contribution in [2.75, 3.05) is 19.7 Å². The van der Waals surface area contributed by atoms with Crippen molar-refractivity contribution in [3.8, 4) is 0 Å². The number of hydrogen-bond donors (Lipinski definition) is 0. The third-order valence-electron chi connectivity index (χ3n) is 4.48. The third-order valence-corrected chi connectivity index (χ3v) is 4.48. The fourth-order valence-electron chi connectivity index (χ4n) is 3.04. The summed E-state index contributed by atoms with van der Waals surface area (Å²) < 4.78 is 7.39. The Morgan fingerprint density at radius 2 is 2.17 bits per heavy atom. The molecular weight excluding hydrogens is 302 g/mol. The van der Waals surface area contributed by atoms with Gasteiger partial charge in [-0.2, -0.15) is 5.10 Å². The van der Waals surface area contributed by atoms with Gasteiger partial charge in [-0.1, -0.05) is 29.8 Å². The van der Waals surface area contributed by atoms with Gasteiger partial charge in [0.25, 0.3) is 5.91 Å². The summed E-state index contributed by atoms with van der Waals surface area (Å²) in [4.78, 5) is 14.7. The van der Waals surface area contributed by atoms with Crippen LogP contribution in [0.4, 0.5) is 0 Å². The molecule has 128 valence electrons. The number of aryl methyl sites for hydroxylation is 2. The first-order valence-electron chi connectivity index (χ1n) is 8.57. The molecule has 3 rings (SSSR count). The van der Waals surface area contributed by atoms with Crippen LogP contribution in [0.5, 0.6) is 0 Å². The number of amides is 1. The Hall–Kier alpha value is -2.14. The third kappa shape index (κ3) is 4.23. The van der Waals surface area contributed by atoms with Crippen LogP contribution in [0.3, 0.4) is 0 Å². The van der Waals surface area contributed by atoms with E-state index in [1.165, 1.54) is 11.1 Å². The smallest absolute Gasteiger partial charge is 0.257 e. The van der Waals surface area contributed by atoms with E-state index in [9.17, 15) is 4.79 Å². The van der Waals surface area contributed by atoms with Crippen LogP contribution < -0.4 is 0 Å². The van der Waals surface area contributed by atoms with Gasteiger partial charge in [0.05, 0.1) is 17.9 Å². The number of nitrogens with zero attached hydrogens (tertiary/aromatic N) is 3. The van der Waals surface area contributed by atoms with E-state index < -0.39 is 0 Å². The Kier molecular flexibility index (Phi) is 5.30.